The van der Waals surface area contributed by atoms with E-state index >= 15 is 0 Å². The molecule has 0 aliphatic heterocycles. The van der Waals surface area contributed by atoms with Crippen LogP contribution in [0.3, 0.4) is 0 Å². The van der Waals surface area contributed by atoms with E-state index in [1.165, 1.54) is 18.9 Å². The molecule has 0 aromatic heterocycles. The van der Waals surface area contributed by atoms with E-state index in [1.54, 1.807) is 11.8 Å². The molecule has 25 heavy (non-hydrogen) atoms. The van der Waals surface area contributed by atoms with Crippen molar-refractivity contribution in [2.24, 2.45) is 0 Å². The molecule has 1 amide bonds. The minimum atomic E-state index is -0.266. The SMILES string of the molecule is COC(=O)CCSCC(=O)Nc1ccccc1Sc1ccc(Cl)cc1. The number of carbonyl (C=O) groups is 2. The van der Waals surface area contributed by atoms with E-state index in [1.807, 2.05) is 48.5 Å². The maximum absolute atomic E-state index is 12.1. The highest BCUT2D eigenvalue weighted by Crippen LogP contribution is 2.33. The van der Waals surface area contributed by atoms with E-state index < -0.39 is 0 Å². The number of benzene rings is 2. The second-order valence-electron chi connectivity index (χ2n) is 4.98. The number of amides is 1. The highest BCUT2D eigenvalue weighted by Gasteiger charge is 2.09. The van der Waals surface area contributed by atoms with Crippen LogP contribution in [0.1, 0.15) is 6.42 Å². The van der Waals surface area contributed by atoms with Crippen molar-refractivity contribution in [3.8, 4) is 0 Å². The third-order valence-electron chi connectivity index (χ3n) is 3.11. The molecule has 0 heterocycles. The minimum absolute atomic E-state index is 0.0981. The highest BCUT2D eigenvalue weighted by molar-refractivity contribution is 8.00. The summed E-state index contributed by atoms with van der Waals surface area (Å²) in [7, 11) is 1.36. The first-order chi connectivity index (χ1) is 12.1. The predicted octanol–water partition coefficient (Wildman–Crippen LogP) is 4.73. The van der Waals surface area contributed by atoms with E-state index in [4.69, 9.17) is 11.6 Å². The molecule has 0 fully saturated rings. The second kappa shape index (κ2) is 10.4. The molecular formula is C18H18ClNO3S2. The van der Waals surface area contributed by atoms with Crippen molar-refractivity contribution in [3.63, 3.8) is 0 Å². The molecule has 2 rings (SSSR count). The van der Waals surface area contributed by atoms with Crippen LogP contribution in [0.5, 0.6) is 0 Å². The summed E-state index contributed by atoms with van der Waals surface area (Å²) in [5.41, 5.74) is 0.765. The molecule has 0 atom stereocenters. The van der Waals surface area contributed by atoms with Crippen LogP contribution in [-0.4, -0.2) is 30.5 Å². The lowest BCUT2D eigenvalue weighted by Crippen LogP contribution is -2.15. The van der Waals surface area contributed by atoms with Gasteiger partial charge in [-0.15, -0.1) is 0 Å². The second-order valence-corrected chi connectivity index (χ2v) is 7.64. The van der Waals surface area contributed by atoms with Gasteiger partial charge in [-0.05, 0) is 36.4 Å². The summed E-state index contributed by atoms with van der Waals surface area (Å²) in [4.78, 5) is 25.1. The fourth-order valence-electron chi connectivity index (χ4n) is 1.90. The van der Waals surface area contributed by atoms with Gasteiger partial charge in [0.05, 0.1) is 25.0 Å². The largest absolute Gasteiger partial charge is 0.469 e. The average Bonchev–Trinajstić information content (AvgIpc) is 2.62. The number of hydrogen-bond acceptors (Lipinski definition) is 5. The third-order valence-corrected chi connectivity index (χ3v) is 5.41. The molecule has 132 valence electrons. The predicted molar refractivity (Wildman–Crippen MR) is 105 cm³/mol. The first kappa shape index (κ1) is 19.7. The van der Waals surface area contributed by atoms with Gasteiger partial charge in [0.25, 0.3) is 0 Å². The van der Waals surface area contributed by atoms with Crippen molar-refractivity contribution in [3.05, 3.63) is 53.6 Å². The monoisotopic (exact) mass is 395 g/mol. The minimum Gasteiger partial charge on any atom is -0.469 e. The number of methoxy groups -OCH3 is 1. The van der Waals surface area contributed by atoms with Gasteiger partial charge >= 0.3 is 5.97 Å². The van der Waals surface area contributed by atoms with Crippen molar-refractivity contribution < 1.29 is 14.3 Å². The van der Waals surface area contributed by atoms with Gasteiger partial charge in [-0.25, -0.2) is 0 Å². The summed E-state index contributed by atoms with van der Waals surface area (Å²) in [6, 6.07) is 15.2. The van der Waals surface area contributed by atoms with E-state index in [0.717, 1.165) is 15.5 Å². The number of ether oxygens (including phenoxy) is 1. The Morgan fingerprint density at radius 3 is 2.56 bits per heavy atom. The maximum atomic E-state index is 12.1. The van der Waals surface area contributed by atoms with Crippen LogP contribution in [0.2, 0.25) is 5.02 Å². The summed E-state index contributed by atoms with van der Waals surface area (Å²) < 4.78 is 4.57. The Balaban J connectivity index is 1.90. The number of hydrogen-bond donors (Lipinski definition) is 1. The number of nitrogens with one attached hydrogen (secondary N) is 1. The van der Waals surface area contributed by atoms with Crippen molar-refractivity contribution in [1.82, 2.24) is 0 Å². The molecule has 2 aromatic rings. The Bertz CT molecular complexity index is 723. The van der Waals surface area contributed by atoms with Gasteiger partial charge in [0, 0.05) is 20.6 Å². The Kier molecular flexibility index (Phi) is 8.18. The van der Waals surface area contributed by atoms with Gasteiger partial charge in [0.1, 0.15) is 0 Å². The number of thioether (sulfide) groups is 1. The fraction of sp³-hybridized carbons (Fsp3) is 0.222. The molecule has 0 saturated heterocycles. The average molecular weight is 396 g/mol. The third kappa shape index (κ3) is 7.02. The van der Waals surface area contributed by atoms with E-state index in [2.05, 4.69) is 10.1 Å². The molecule has 0 aliphatic rings. The maximum Gasteiger partial charge on any atom is 0.306 e. The van der Waals surface area contributed by atoms with Crippen molar-refractivity contribution in [1.29, 1.82) is 0 Å². The number of anilines is 1. The van der Waals surface area contributed by atoms with E-state index in [-0.39, 0.29) is 17.6 Å². The highest BCUT2D eigenvalue weighted by atomic mass is 35.5. The Morgan fingerprint density at radius 2 is 1.84 bits per heavy atom. The molecular weight excluding hydrogens is 378 g/mol. The van der Waals surface area contributed by atoms with Crippen molar-refractivity contribution in [2.45, 2.75) is 16.2 Å². The number of esters is 1. The van der Waals surface area contributed by atoms with Crippen molar-refractivity contribution >= 4 is 52.7 Å². The molecule has 0 unspecified atom stereocenters. The van der Waals surface area contributed by atoms with Crippen LogP contribution in [0.15, 0.2) is 58.3 Å². The number of halogens is 1. The summed E-state index contributed by atoms with van der Waals surface area (Å²) in [6.45, 7) is 0. The topological polar surface area (TPSA) is 55.4 Å². The zero-order chi connectivity index (χ0) is 18.1. The normalized spacial score (nSPS) is 10.3. The standard InChI is InChI=1S/C18H18ClNO3S2/c1-23-18(22)10-11-24-12-17(21)20-15-4-2-3-5-16(15)25-14-8-6-13(19)7-9-14/h2-9H,10-12H2,1H3,(H,20,21). The molecule has 0 radical (unpaired) electrons. The van der Waals surface area contributed by atoms with Gasteiger partial charge in [0.15, 0.2) is 0 Å². The molecule has 4 nitrogen and oxygen atoms in total. The van der Waals surface area contributed by atoms with Gasteiger partial charge in [-0.2, -0.15) is 11.8 Å². The summed E-state index contributed by atoms with van der Waals surface area (Å²) in [6.07, 6.45) is 0.303. The van der Waals surface area contributed by atoms with E-state index in [0.29, 0.717) is 17.2 Å². The quantitative estimate of drug-likeness (QED) is 0.517. The molecule has 0 bridgehead atoms. The summed E-state index contributed by atoms with van der Waals surface area (Å²) in [5.74, 6) is 0.481. The molecule has 0 aliphatic carbocycles. The van der Waals surface area contributed by atoms with Crippen LogP contribution in [0.4, 0.5) is 5.69 Å². The Labute approximate surface area is 160 Å². The lowest BCUT2D eigenvalue weighted by Gasteiger charge is -2.10. The van der Waals surface area contributed by atoms with E-state index in [9.17, 15) is 9.59 Å². The van der Waals surface area contributed by atoms with Crippen LogP contribution < -0.4 is 5.32 Å². The van der Waals surface area contributed by atoms with Crippen LogP contribution >= 0.6 is 35.1 Å². The summed E-state index contributed by atoms with van der Waals surface area (Å²) >= 11 is 8.87. The molecule has 0 spiro atoms. The molecule has 2 aromatic carbocycles. The number of para-hydroxylation sites is 1. The van der Waals surface area contributed by atoms with Crippen LogP contribution in [0, 0.1) is 0 Å². The van der Waals surface area contributed by atoms with Gasteiger partial charge in [0.2, 0.25) is 5.91 Å². The smallest absolute Gasteiger partial charge is 0.306 e. The lowest BCUT2D eigenvalue weighted by molar-refractivity contribution is -0.140. The molecule has 7 heteroatoms. The zero-order valence-corrected chi connectivity index (χ0v) is 16.0. The number of rotatable bonds is 8. The van der Waals surface area contributed by atoms with Crippen molar-refractivity contribution in [2.75, 3.05) is 23.9 Å². The lowest BCUT2D eigenvalue weighted by atomic mass is 10.3. The van der Waals surface area contributed by atoms with Crippen LogP contribution in [0.25, 0.3) is 0 Å². The van der Waals surface area contributed by atoms with Gasteiger partial charge in [-0.1, -0.05) is 35.5 Å². The molecule has 0 saturated carbocycles. The zero-order valence-electron chi connectivity index (χ0n) is 13.7. The number of carbonyl (C=O) groups excluding carboxylic acids is 2. The van der Waals surface area contributed by atoms with Crippen LogP contribution in [-0.2, 0) is 14.3 Å². The molecule has 1 N–H and O–H groups in total. The fourth-order valence-corrected chi connectivity index (χ4v) is 3.64. The first-order valence-electron chi connectivity index (χ1n) is 7.55. The Morgan fingerprint density at radius 1 is 1.12 bits per heavy atom. The van der Waals surface area contributed by atoms with Gasteiger partial charge in [-0.3, -0.25) is 9.59 Å². The Hall–Kier alpha value is -1.63. The van der Waals surface area contributed by atoms with Gasteiger partial charge < -0.3 is 10.1 Å². The first-order valence-corrected chi connectivity index (χ1v) is 9.90. The summed E-state index contributed by atoms with van der Waals surface area (Å²) in [5, 5.41) is 3.61.